The van der Waals surface area contributed by atoms with E-state index in [2.05, 4.69) is 38.6 Å². The first-order chi connectivity index (χ1) is 10.1. The molecular formula is C15H24N6. The van der Waals surface area contributed by atoms with E-state index in [-0.39, 0.29) is 0 Å². The van der Waals surface area contributed by atoms with Crippen LogP contribution in [-0.4, -0.2) is 53.0 Å². The third-order valence-electron chi connectivity index (χ3n) is 4.40. The van der Waals surface area contributed by atoms with Gasteiger partial charge in [-0.2, -0.15) is 0 Å². The Morgan fingerprint density at radius 1 is 1.24 bits per heavy atom. The first-order valence-electron chi connectivity index (χ1n) is 7.75. The summed E-state index contributed by atoms with van der Waals surface area (Å²) in [5.41, 5.74) is 6.16. The normalized spacial score (nSPS) is 26.3. The van der Waals surface area contributed by atoms with E-state index < -0.39 is 0 Å². The maximum absolute atomic E-state index is 6.16. The summed E-state index contributed by atoms with van der Waals surface area (Å²) >= 11 is 0. The summed E-state index contributed by atoms with van der Waals surface area (Å²) in [6.45, 7) is 8.06. The standard InChI is InChI=1S/C15H24N6/c1-11(2)12-10-13(12)19-14(16)20-6-8-21(9-7-20)15-17-4-3-5-18-15/h3-5,11-13H,6-10H2,1-2H3,(H2,16,19)/t12-,13+/m0/s1. The van der Waals surface area contributed by atoms with Gasteiger partial charge in [0, 0.05) is 38.6 Å². The van der Waals surface area contributed by atoms with Crippen LogP contribution in [0.1, 0.15) is 20.3 Å². The molecule has 0 radical (unpaired) electrons. The van der Waals surface area contributed by atoms with Gasteiger partial charge in [-0.15, -0.1) is 0 Å². The predicted octanol–water partition coefficient (Wildman–Crippen LogP) is 0.958. The van der Waals surface area contributed by atoms with Crippen LogP contribution in [0.4, 0.5) is 5.95 Å². The van der Waals surface area contributed by atoms with Gasteiger partial charge in [-0.05, 0) is 24.3 Å². The van der Waals surface area contributed by atoms with Crippen LogP contribution in [0.5, 0.6) is 0 Å². The zero-order valence-corrected chi connectivity index (χ0v) is 12.8. The van der Waals surface area contributed by atoms with Crippen molar-refractivity contribution in [3.05, 3.63) is 18.5 Å². The Hall–Kier alpha value is -1.85. The lowest BCUT2D eigenvalue weighted by atomic mass is 10.1. The van der Waals surface area contributed by atoms with Crippen molar-refractivity contribution < 1.29 is 0 Å². The maximum Gasteiger partial charge on any atom is 0.225 e. The number of piperazine rings is 1. The fourth-order valence-corrected chi connectivity index (χ4v) is 2.91. The zero-order valence-electron chi connectivity index (χ0n) is 12.8. The summed E-state index contributed by atoms with van der Waals surface area (Å²) in [7, 11) is 0. The lowest BCUT2D eigenvalue weighted by Gasteiger charge is -2.35. The van der Waals surface area contributed by atoms with Gasteiger partial charge < -0.3 is 15.5 Å². The van der Waals surface area contributed by atoms with Gasteiger partial charge >= 0.3 is 0 Å². The number of hydrogen-bond acceptors (Lipinski definition) is 4. The molecule has 1 aliphatic carbocycles. The lowest BCUT2D eigenvalue weighted by molar-refractivity contribution is 0.377. The average molecular weight is 288 g/mol. The van der Waals surface area contributed by atoms with Crippen molar-refractivity contribution in [1.82, 2.24) is 14.9 Å². The largest absolute Gasteiger partial charge is 0.370 e. The summed E-state index contributed by atoms with van der Waals surface area (Å²) in [5, 5.41) is 0. The summed E-state index contributed by atoms with van der Waals surface area (Å²) in [5.74, 6) is 2.94. The number of guanidine groups is 1. The third kappa shape index (κ3) is 3.25. The number of rotatable bonds is 3. The number of aromatic nitrogens is 2. The molecule has 1 saturated heterocycles. The number of hydrogen-bond donors (Lipinski definition) is 1. The summed E-state index contributed by atoms with van der Waals surface area (Å²) in [4.78, 5) is 17.6. The molecule has 2 N–H and O–H groups in total. The maximum atomic E-state index is 6.16. The smallest absolute Gasteiger partial charge is 0.225 e. The topological polar surface area (TPSA) is 70.6 Å². The van der Waals surface area contributed by atoms with E-state index >= 15 is 0 Å². The van der Waals surface area contributed by atoms with Crippen molar-refractivity contribution in [2.75, 3.05) is 31.1 Å². The van der Waals surface area contributed by atoms with Crippen molar-refractivity contribution in [2.45, 2.75) is 26.3 Å². The summed E-state index contributed by atoms with van der Waals surface area (Å²) < 4.78 is 0. The monoisotopic (exact) mass is 288 g/mol. The van der Waals surface area contributed by atoms with Crippen molar-refractivity contribution >= 4 is 11.9 Å². The number of nitrogens with zero attached hydrogens (tertiary/aromatic N) is 5. The van der Waals surface area contributed by atoms with E-state index in [0.717, 1.165) is 38.0 Å². The van der Waals surface area contributed by atoms with Crippen LogP contribution >= 0.6 is 0 Å². The van der Waals surface area contributed by atoms with E-state index in [9.17, 15) is 0 Å². The molecule has 1 aromatic heterocycles. The van der Waals surface area contributed by atoms with Gasteiger partial charge in [0.25, 0.3) is 0 Å². The predicted molar refractivity (Wildman–Crippen MR) is 84.2 cm³/mol. The van der Waals surface area contributed by atoms with Crippen LogP contribution < -0.4 is 10.6 Å². The first kappa shape index (κ1) is 14.1. The minimum Gasteiger partial charge on any atom is -0.370 e. The fraction of sp³-hybridized carbons (Fsp3) is 0.667. The first-order valence-corrected chi connectivity index (χ1v) is 7.75. The molecule has 0 unspecified atom stereocenters. The van der Waals surface area contributed by atoms with Crippen LogP contribution in [0.15, 0.2) is 23.5 Å². The van der Waals surface area contributed by atoms with E-state index in [0.29, 0.717) is 17.9 Å². The van der Waals surface area contributed by atoms with Crippen LogP contribution in [0, 0.1) is 11.8 Å². The fourth-order valence-electron chi connectivity index (χ4n) is 2.91. The third-order valence-corrected chi connectivity index (χ3v) is 4.40. The average Bonchev–Trinajstić information content (AvgIpc) is 3.28. The highest BCUT2D eigenvalue weighted by atomic mass is 15.4. The minimum atomic E-state index is 0.445. The van der Waals surface area contributed by atoms with E-state index in [4.69, 9.17) is 5.73 Å². The van der Waals surface area contributed by atoms with Crippen molar-refractivity contribution in [1.29, 1.82) is 0 Å². The van der Waals surface area contributed by atoms with Gasteiger partial charge in [0.15, 0.2) is 5.96 Å². The van der Waals surface area contributed by atoms with Crippen LogP contribution in [0.25, 0.3) is 0 Å². The molecule has 2 fully saturated rings. The molecule has 21 heavy (non-hydrogen) atoms. The van der Waals surface area contributed by atoms with Crippen molar-refractivity contribution in [2.24, 2.45) is 22.6 Å². The minimum absolute atomic E-state index is 0.445. The zero-order chi connectivity index (χ0) is 14.8. The van der Waals surface area contributed by atoms with E-state index in [1.54, 1.807) is 12.4 Å². The Bertz CT molecular complexity index is 492. The Morgan fingerprint density at radius 3 is 2.48 bits per heavy atom. The Kier molecular flexibility index (Phi) is 3.94. The number of anilines is 1. The molecule has 2 heterocycles. The highest BCUT2D eigenvalue weighted by Gasteiger charge is 2.39. The second kappa shape index (κ2) is 5.87. The number of nitrogens with two attached hydrogens (primary N) is 1. The van der Waals surface area contributed by atoms with Crippen LogP contribution in [0.3, 0.4) is 0 Å². The van der Waals surface area contributed by atoms with Gasteiger partial charge in [0.2, 0.25) is 5.95 Å². The van der Waals surface area contributed by atoms with Crippen LogP contribution in [0.2, 0.25) is 0 Å². The van der Waals surface area contributed by atoms with Crippen LogP contribution in [-0.2, 0) is 0 Å². The second-order valence-corrected chi connectivity index (χ2v) is 6.22. The molecule has 1 aromatic rings. The SMILES string of the molecule is CC(C)[C@@H]1C[C@H]1N=C(N)N1CCN(c2ncccn2)CC1. The molecule has 0 amide bonds. The molecule has 0 aromatic carbocycles. The van der Waals surface area contributed by atoms with E-state index in [1.165, 1.54) is 6.42 Å². The molecule has 0 bridgehead atoms. The molecule has 2 atom stereocenters. The molecule has 2 aliphatic rings. The van der Waals surface area contributed by atoms with Gasteiger partial charge in [0.05, 0.1) is 6.04 Å². The molecule has 1 aliphatic heterocycles. The Labute approximate surface area is 126 Å². The molecule has 3 rings (SSSR count). The van der Waals surface area contributed by atoms with Gasteiger partial charge in [-0.25, -0.2) is 15.0 Å². The highest BCUT2D eigenvalue weighted by molar-refractivity contribution is 5.78. The molecular weight excluding hydrogens is 264 g/mol. The molecule has 1 saturated carbocycles. The Morgan fingerprint density at radius 2 is 1.90 bits per heavy atom. The quantitative estimate of drug-likeness (QED) is 0.662. The van der Waals surface area contributed by atoms with E-state index in [1.807, 2.05) is 6.07 Å². The number of aliphatic imine (C=N–C) groups is 1. The van der Waals surface area contributed by atoms with Crippen molar-refractivity contribution in [3.63, 3.8) is 0 Å². The van der Waals surface area contributed by atoms with Gasteiger partial charge in [-0.3, -0.25) is 0 Å². The molecule has 114 valence electrons. The summed E-state index contributed by atoms with van der Waals surface area (Å²) in [6, 6.07) is 2.28. The molecule has 0 spiro atoms. The second-order valence-electron chi connectivity index (χ2n) is 6.22. The highest BCUT2D eigenvalue weighted by Crippen LogP contribution is 2.40. The van der Waals surface area contributed by atoms with Gasteiger partial charge in [0.1, 0.15) is 0 Å². The van der Waals surface area contributed by atoms with Crippen molar-refractivity contribution in [3.8, 4) is 0 Å². The van der Waals surface area contributed by atoms with Gasteiger partial charge in [-0.1, -0.05) is 13.8 Å². The molecule has 6 heteroatoms. The lowest BCUT2D eigenvalue weighted by Crippen LogP contribution is -2.51. The molecule has 6 nitrogen and oxygen atoms in total. The Balaban J connectivity index is 1.53. The summed E-state index contributed by atoms with van der Waals surface area (Å²) in [6.07, 6.45) is 4.75.